The third kappa shape index (κ3) is 6.60. The molecule has 2 aliphatic rings. The predicted octanol–water partition coefficient (Wildman–Crippen LogP) is 4.93. The lowest BCUT2D eigenvalue weighted by Gasteiger charge is -2.42. The average molecular weight is 556 g/mol. The number of rotatable bonds is 10. The number of alkyl carbamates (subject to hydrolysis) is 1. The van der Waals surface area contributed by atoms with Crippen molar-refractivity contribution in [3.63, 3.8) is 0 Å². The molecule has 1 unspecified atom stereocenters. The van der Waals surface area contributed by atoms with Crippen molar-refractivity contribution in [2.24, 2.45) is 0 Å². The number of piperidine rings is 1. The summed E-state index contributed by atoms with van der Waals surface area (Å²) in [6.07, 6.45) is 0.538. The second kappa shape index (κ2) is 12.6. The monoisotopic (exact) mass is 555 g/mol. The van der Waals surface area contributed by atoms with Gasteiger partial charge in [0.25, 0.3) is 0 Å². The number of fused-ring (bicyclic) bond motifs is 3. The molecule has 3 aromatic rings. The first-order valence-corrected chi connectivity index (χ1v) is 14.3. The molecular weight excluding hydrogens is 518 g/mol. The van der Waals surface area contributed by atoms with E-state index in [0.717, 1.165) is 28.8 Å². The predicted molar refractivity (Wildman–Crippen MR) is 156 cm³/mol. The number of nitrogens with one attached hydrogen (secondary N) is 2. The molecule has 8 nitrogen and oxygen atoms in total. The fraction of sp³-hybridized carbons (Fsp3) is 0.364. The van der Waals surface area contributed by atoms with Crippen LogP contribution in [-0.4, -0.2) is 59.3 Å². The largest absolute Gasteiger partial charge is 0.481 e. The average Bonchev–Trinajstić information content (AvgIpc) is 3.30. The number of benzene rings is 3. The van der Waals surface area contributed by atoms with E-state index in [1.165, 1.54) is 5.56 Å². The van der Waals surface area contributed by atoms with Gasteiger partial charge in [-0.05, 0) is 47.1 Å². The summed E-state index contributed by atoms with van der Waals surface area (Å²) < 4.78 is 5.64. The highest BCUT2D eigenvalue weighted by molar-refractivity contribution is 5.87. The number of carboxylic acid groups (broad SMARTS) is 1. The summed E-state index contributed by atoms with van der Waals surface area (Å²) >= 11 is 0. The highest BCUT2D eigenvalue weighted by Gasteiger charge is 2.39. The van der Waals surface area contributed by atoms with Crippen molar-refractivity contribution < 1.29 is 24.2 Å². The van der Waals surface area contributed by atoms with Gasteiger partial charge in [-0.3, -0.25) is 14.5 Å². The van der Waals surface area contributed by atoms with Gasteiger partial charge in [-0.15, -0.1) is 0 Å². The molecule has 8 heteroatoms. The van der Waals surface area contributed by atoms with Crippen LogP contribution in [-0.2, 0) is 20.9 Å². The second-order valence-corrected chi connectivity index (χ2v) is 11.0. The van der Waals surface area contributed by atoms with Gasteiger partial charge in [-0.1, -0.05) is 85.8 Å². The number of amides is 2. The lowest BCUT2D eigenvalue weighted by molar-refractivity contribution is -0.140. The first kappa shape index (κ1) is 28.4. The fourth-order valence-corrected chi connectivity index (χ4v) is 6.10. The maximum atomic E-state index is 13.3. The van der Waals surface area contributed by atoms with Crippen molar-refractivity contribution >= 4 is 18.0 Å². The van der Waals surface area contributed by atoms with Gasteiger partial charge in [-0.2, -0.15) is 0 Å². The van der Waals surface area contributed by atoms with Crippen LogP contribution >= 0.6 is 0 Å². The number of hydrogen-bond acceptors (Lipinski definition) is 5. The van der Waals surface area contributed by atoms with Crippen LogP contribution in [0.4, 0.5) is 4.79 Å². The molecule has 3 aromatic carbocycles. The van der Waals surface area contributed by atoms with Crippen molar-refractivity contribution in [2.75, 3.05) is 19.7 Å². The van der Waals surface area contributed by atoms with Gasteiger partial charge in [0.15, 0.2) is 0 Å². The Balaban J connectivity index is 1.18. The zero-order chi connectivity index (χ0) is 28.8. The third-order valence-electron chi connectivity index (χ3n) is 8.30. The number of aliphatic carboxylic acids is 1. The van der Waals surface area contributed by atoms with E-state index in [9.17, 15) is 19.5 Å². The minimum atomic E-state index is -0.959. The summed E-state index contributed by atoms with van der Waals surface area (Å²) in [6.45, 7) is 4.06. The van der Waals surface area contributed by atoms with Gasteiger partial charge in [0, 0.05) is 25.6 Å². The van der Waals surface area contributed by atoms with E-state index in [2.05, 4.69) is 51.9 Å². The summed E-state index contributed by atoms with van der Waals surface area (Å²) in [7, 11) is 0. The Morgan fingerprint density at radius 2 is 1.51 bits per heavy atom. The Bertz CT molecular complexity index is 1340. The van der Waals surface area contributed by atoms with Gasteiger partial charge in [0.1, 0.15) is 12.6 Å². The molecule has 0 radical (unpaired) electrons. The van der Waals surface area contributed by atoms with Crippen LogP contribution in [0.15, 0.2) is 78.9 Å². The highest BCUT2D eigenvalue weighted by Crippen LogP contribution is 2.44. The number of ether oxygens (including phenoxy) is 1. The lowest BCUT2D eigenvalue weighted by atomic mass is 9.83. The first-order chi connectivity index (χ1) is 19.9. The molecule has 3 N–H and O–H groups in total. The van der Waals surface area contributed by atoms with Crippen molar-refractivity contribution in [1.29, 1.82) is 0 Å². The van der Waals surface area contributed by atoms with E-state index in [-0.39, 0.29) is 18.9 Å². The molecule has 5 rings (SSSR count). The Labute approximate surface area is 240 Å². The molecule has 1 heterocycles. The highest BCUT2D eigenvalue weighted by atomic mass is 16.5. The van der Waals surface area contributed by atoms with Crippen LogP contribution in [0, 0.1) is 0 Å². The van der Waals surface area contributed by atoms with Crippen molar-refractivity contribution in [1.82, 2.24) is 15.5 Å². The number of nitrogens with zero attached hydrogens (tertiary/aromatic N) is 1. The number of carbonyl (C=O) groups is 3. The maximum Gasteiger partial charge on any atom is 0.407 e. The maximum absolute atomic E-state index is 13.3. The summed E-state index contributed by atoms with van der Waals surface area (Å²) in [4.78, 5) is 40.2. The Hall–Kier alpha value is -4.17. The fourth-order valence-electron chi connectivity index (χ4n) is 6.10. The molecule has 214 valence electrons. The molecule has 1 saturated heterocycles. The second-order valence-electron chi connectivity index (χ2n) is 11.0. The molecule has 1 atom stereocenters. The van der Waals surface area contributed by atoms with Gasteiger partial charge in [-0.25, -0.2) is 4.79 Å². The summed E-state index contributed by atoms with van der Waals surface area (Å²) in [5.41, 5.74) is 4.83. The zero-order valence-corrected chi connectivity index (χ0v) is 23.3. The Kier molecular flexibility index (Phi) is 8.69. The Morgan fingerprint density at radius 3 is 2.10 bits per heavy atom. The molecule has 0 saturated carbocycles. The zero-order valence-electron chi connectivity index (χ0n) is 23.3. The van der Waals surface area contributed by atoms with Gasteiger partial charge in [0.2, 0.25) is 5.91 Å². The third-order valence-corrected chi connectivity index (χ3v) is 8.30. The molecule has 1 fully saturated rings. The summed E-state index contributed by atoms with van der Waals surface area (Å²) in [6, 6.07) is 25.5. The van der Waals surface area contributed by atoms with E-state index in [1.54, 1.807) is 6.92 Å². The molecule has 2 amide bonds. The summed E-state index contributed by atoms with van der Waals surface area (Å²) in [5.74, 6) is -1.43. The topological polar surface area (TPSA) is 108 Å². The van der Waals surface area contributed by atoms with Crippen LogP contribution in [0.2, 0.25) is 0 Å². The van der Waals surface area contributed by atoms with Crippen molar-refractivity contribution in [3.05, 3.63) is 95.6 Å². The number of hydrogen-bond donors (Lipinski definition) is 3. The van der Waals surface area contributed by atoms with E-state index in [0.29, 0.717) is 32.4 Å². The molecule has 0 bridgehead atoms. The number of carbonyl (C=O) groups excluding carboxylic acids is 2. The SMILES string of the molecule is CCC(NC(=O)OCC1c2ccccc2-c2ccccc21)C(=O)NC1(CC(=O)O)CCN(Cc2ccccc2)CC1. The molecule has 41 heavy (non-hydrogen) atoms. The van der Waals surface area contributed by atoms with Crippen molar-refractivity contribution in [3.8, 4) is 11.1 Å². The van der Waals surface area contributed by atoms with Crippen LogP contribution in [0.1, 0.15) is 55.2 Å². The molecule has 0 spiro atoms. The van der Waals surface area contributed by atoms with Gasteiger partial charge in [0.05, 0.1) is 12.0 Å². The van der Waals surface area contributed by atoms with Crippen LogP contribution in [0.5, 0.6) is 0 Å². The quantitative estimate of drug-likeness (QED) is 0.328. The standard InChI is InChI=1S/C33H37N3O5/c1-2-29(34-32(40)41-22-28-26-14-8-6-12-24(26)25-13-7-9-15-27(25)28)31(39)35-33(20-30(37)38)16-18-36(19-17-33)21-23-10-4-3-5-11-23/h3-15,28-29H,2,16-22H2,1H3,(H,34,40)(H,35,39)(H,37,38). The molecule has 0 aromatic heterocycles. The van der Waals surface area contributed by atoms with E-state index < -0.39 is 29.6 Å². The molecule has 1 aliphatic carbocycles. The van der Waals surface area contributed by atoms with E-state index in [4.69, 9.17) is 4.74 Å². The smallest absolute Gasteiger partial charge is 0.407 e. The first-order valence-electron chi connectivity index (χ1n) is 14.3. The minimum absolute atomic E-state index is 0.0815. The van der Waals surface area contributed by atoms with Crippen LogP contribution in [0.3, 0.4) is 0 Å². The van der Waals surface area contributed by atoms with Gasteiger partial charge >= 0.3 is 12.1 Å². The van der Waals surface area contributed by atoms with E-state index in [1.807, 2.05) is 42.5 Å². The van der Waals surface area contributed by atoms with Crippen LogP contribution in [0.25, 0.3) is 11.1 Å². The normalized spacial score (nSPS) is 16.7. The Morgan fingerprint density at radius 1 is 0.927 bits per heavy atom. The van der Waals surface area contributed by atoms with E-state index >= 15 is 0 Å². The number of carboxylic acids is 1. The summed E-state index contributed by atoms with van der Waals surface area (Å²) in [5, 5.41) is 15.4. The van der Waals surface area contributed by atoms with Gasteiger partial charge < -0.3 is 20.5 Å². The molecule has 1 aliphatic heterocycles. The minimum Gasteiger partial charge on any atom is -0.481 e. The molecular formula is C33H37N3O5. The van der Waals surface area contributed by atoms with Crippen LogP contribution < -0.4 is 10.6 Å². The lowest BCUT2D eigenvalue weighted by Crippen LogP contribution is -2.60. The number of likely N-dealkylation sites (tertiary alicyclic amines) is 1. The van der Waals surface area contributed by atoms with Crippen molar-refractivity contribution in [2.45, 2.75) is 56.7 Å².